The number of nitrogens with zero attached hydrogens (tertiary/aromatic N) is 4. The van der Waals surface area contributed by atoms with E-state index in [1.54, 1.807) is 6.20 Å². The maximum Gasteiger partial charge on any atom is 0.254 e. The van der Waals surface area contributed by atoms with Gasteiger partial charge in [-0.2, -0.15) is 5.10 Å². The summed E-state index contributed by atoms with van der Waals surface area (Å²) in [6.45, 7) is 0. The molecule has 7 N–H and O–H groups in total. The number of benzene rings is 2. The lowest BCUT2D eigenvalue weighted by molar-refractivity contribution is -0.0643. The molecule has 9 heteroatoms. The van der Waals surface area contributed by atoms with Crippen molar-refractivity contribution in [3.05, 3.63) is 60.3 Å². The normalized spacial score (nSPS) is 20.5. The number of aliphatic hydroxyl groups is 1. The molecular formula is C22H21N7O2. The van der Waals surface area contributed by atoms with Gasteiger partial charge in [0.25, 0.3) is 5.91 Å². The van der Waals surface area contributed by atoms with E-state index in [1.807, 2.05) is 48.5 Å². The number of nitrogen functional groups attached to an aromatic ring is 1. The fourth-order valence-electron chi connectivity index (χ4n) is 4.00. The first-order valence-corrected chi connectivity index (χ1v) is 9.84. The van der Waals surface area contributed by atoms with E-state index in [0.29, 0.717) is 35.4 Å². The molecule has 31 heavy (non-hydrogen) atoms. The fourth-order valence-corrected chi connectivity index (χ4v) is 4.00. The topological polar surface area (TPSA) is 159 Å². The van der Waals surface area contributed by atoms with E-state index in [2.05, 4.69) is 15.1 Å². The number of hydrogen-bond acceptors (Lipinski definition) is 7. The van der Waals surface area contributed by atoms with Crippen LogP contribution >= 0.6 is 0 Å². The minimum Gasteiger partial charge on any atom is -0.383 e. The van der Waals surface area contributed by atoms with Gasteiger partial charge in [-0.1, -0.05) is 42.5 Å². The summed E-state index contributed by atoms with van der Waals surface area (Å²) in [6.07, 6.45) is 2.34. The molecule has 1 aliphatic rings. The smallest absolute Gasteiger partial charge is 0.254 e. The van der Waals surface area contributed by atoms with Crippen LogP contribution in [0, 0.1) is 0 Å². The lowest BCUT2D eigenvalue weighted by atomic mass is 9.83. The van der Waals surface area contributed by atoms with Crippen molar-refractivity contribution in [1.29, 1.82) is 0 Å². The Morgan fingerprint density at radius 2 is 1.87 bits per heavy atom. The van der Waals surface area contributed by atoms with E-state index < -0.39 is 11.6 Å². The molecule has 2 heterocycles. The lowest BCUT2D eigenvalue weighted by Gasteiger charge is -2.40. The van der Waals surface area contributed by atoms with Crippen molar-refractivity contribution in [2.45, 2.75) is 24.6 Å². The molecule has 0 atom stereocenters. The van der Waals surface area contributed by atoms with Crippen molar-refractivity contribution >= 4 is 22.6 Å². The van der Waals surface area contributed by atoms with E-state index >= 15 is 0 Å². The van der Waals surface area contributed by atoms with Crippen LogP contribution in [-0.4, -0.2) is 36.5 Å². The molecule has 1 aliphatic carbocycles. The lowest BCUT2D eigenvalue weighted by Crippen LogP contribution is -2.52. The Bertz CT molecular complexity index is 1310. The Morgan fingerprint density at radius 1 is 1.13 bits per heavy atom. The Hall–Kier alpha value is -3.82. The number of aromatic nitrogens is 4. The summed E-state index contributed by atoms with van der Waals surface area (Å²) in [5.41, 5.74) is 19.1. The number of hydrogen-bond donors (Lipinski definition) is 4. The van der Waals surface area contributed by atoms with Crippen LogP contribution in [0.3, 0.4) is 0 Å². The van der Waals surface area contributed by atoms with Crippen LogP contribution in [0.2, 0.25) is 0 Å². The first-order valence-electron chi connectivity index (χ1n) is 9.84. The zero-order valence-corrected chi connectivity index (χ0v) is 16.6. The van der Waals surface area contributed by atoms with Gasteiger partial charge in [-0.15, -0.1) is 0 Å². The molecule has 156 valence electrons. The summed E-state index contributed by atoms with van der Waals surface area (Å²) in [4.78, 5) is 21.3. The minimum atomic E-state index is -1.25. The maximum atomic E-state index is 12.2. The second-order valence-corrected chi connectivity index (χ2v) is 7.92. The molecule has 1 amide bonds. The predicted octanol–water partition coefficient (Wildman–Crippen LogP) is 1.82. The zero-order valence-electron chi connectivity index (χ0n) is 16.6. The Labute approximate surface area is 177 Å². The van der Waals surface area contributed by atoms with Gasteiger partial charge in [0.2, 0.25) is 0 Å². The molecule has 0 spiro atoms. The average Bonchev–Trinajstić information content (AvgIpc) is 3.09. The quantitative estimate of drug-likeness (QED) is 0.370. The summed E-state index contributed by atoms with van der Waals surface area (Å²) < 4.78 is 1.52. The van der Waals surface area contributed by atoms with Gasteiger partial charge < -0.3 is 22.3 Å². The Kier molecular flexibility index (Phi) is 4.24. The minimum absolute atomic E-state index is 0.143. The van der Waals surface area contributed by atoms with Gasteiger partial charge in [-0.3, -0.25) is 4.79 Å². The summed E-state index contributed by atoms with van der Waals surface area (Å²) >= 11 is 0. The molecule has 0 radical (unpaired) electrons. The van der Waals surface area contributed by atoms with Crippen LogP contribution in [0.1, 0.15) is 29.2 Å². The summed E-state index contributed by atoms with van der Waals surface area (Å²) in [6, 6.07) is 15.0. The predicted molar refractivity (Wildman–Crippen MR) is 117 cm³/mol. The number of rotatable bonds is 4. The number of carbonyl (C=O) groups excluding carboxylic acids is 1. The third kappa shape index (κ3) is 3.29. The average molecular weight is 415 g/mol. The first-order chi connectivity index (χ1) is 14.8. The monoisotopic (exact) mass is 415 g/mol. The van der Waals surface area contributed by atoms with Gasteiger partial charge in [0.15, 0.2) is 5.82 Å². The number of carbonyl (C=O) groups is 1. The Morgan fingerprint density at radius 3 is 2.55 bits per heavy atom. The molecule has 1 saturated carbocycles. The number of amides is 1. The van der Waals surface area contributed by atoms with E-state index in [1.165, 1.54) is 4.68 Å². The highest BCUT2D eigenvalue weighted by Gasteiger charge is 2.42. The fraction of sp³-hybridized carbons (Fsp3) is 0.182. The van der Waals surface area contributed by atoms with Crippen LogP contribution in [0.4, 0.5) is 5.82 Å². The second kappa shape index (κ2) is 6.86. The van der Waals surface area contributed by atoms with Crippen molar-refractivity contribution in [3.8, 4) is 22.6 Å². The molecule has 2 aromatic carbocycles. The SMILES string of the molecule is NC(=O)c1c(-c2ccc3cnc(-c4ccccc4)nc3c2)nn(C2CC(N)(O)C2)c1N. The van der Waals surface area contributed by atoms with Crippen molar-refractivity contribution in [2.75, 3.05) is 5.73 Å². The second-order valence-electron chi connectivity index (χ2n) is 7.92. The molecule has 9 nitrogen and oxygen atoms in total. The van der Waals surface area contributed by atoms with Crippen molar-refractivity contribution in [1.82, 2.24) is 19.7 Å². The van der Waals surface area contributed by atoms with Crippen LogP contribution in [0.15, 0.2) is 54.7 Å². The molecule has 0 bridgehead atoms. The van der Waals surface area contributed by atoms with Crippen LogP contribution in [-0.2, 0) is 0 Å². The molecule has 2 aromatic heterocycles. The number of nitrogens with two attached hydrogens (primary N) is 3. The standard InChI is InChI=1S/C22H21N7O2/c23-19-17(20(24)30)18(28-29(19)15-9-22(25,31)10-15)13-6-7-14-11-26-21(27-16(14)8-13)12-4-2-1-3-5-12/h1-8,11,15,31H,9-10,23,25H2,(H2,24,30). The first kappa shape index (κ1) is 19.2. The van der Waals surface area contributed by atoms with E-state index in [-0.39, 0.29) is 17.4 Å². The van der Waals surface area contributed by atoms with Gasteiger partial charge in [0, 0.05) is 35.6 Å². The van der Waals surface area contributed by atoms with E-state index in [0.717, 1.165) is 10.9 Å². The van der Waals surface area contributed by atoms with Crippen LogP contribution in [0.5, 0.6) is 0 Å². The van der Waals surface area contributed by atoms with Crippen LogP contribution < -0.4 is 17.2 Å². The Balaban J connectivity index is 1.61. The maximum absolute atomic E-state index is 12.2. The van der Waals surface area contributed by atoms with Gasteiger partial charge >= 0.3 is 0 Å². The summed E-state index contributed by atoms with van der Waals surface area (Å²) in [5, 5.41) is 15.3. The molecule has 0 aliphatic heterocycles. The van der Waals surface area contributed by atoms with Crippen molar-refractivity contribution in [2.24, 2.45) is 11.5 Å². The highest BCUT2D eigenvalue weighted by atomic mass is 16.3. The summed E-state index contributed by atoms with van der Waals surface area (Å²) in [7, 11) is 0. The number of anilines is 1. The van der Waals surface area contributed by atoms with E-state index in [9.17, 15) is 9.90 Å². The van der Waals surface area contributed by atoms with Gasteiger partial charge in [0.1, 0.15) is 22.8 Å². The van der Waals surface area contributed by atoms with Gasteiger partial charge in [0.05, 0.1) is 11.6 Å². The molecule has 1 fully saturated rings. The third-order valence-electron chi connectivity index (χ3n) is 5.61. The van der Waals surface area contributed by atoms with Crippen molar-refractivity contribution in [3.63, 3.8) is 0 Å². The molecule has 5 rings (SSSR count). The van der Waals surface area contributed by atoms with Gasteiger partial charge in [-0.25, -0.2) is 14.6 Å². The largest absolute Gasteiger partial charge is 0.383 e. The van der Waals surface area contributed by atoms with Crippen molar-refractivity contribution < 1.29 is 9.90 Å². The number of fused-ring (bicyclic) bond motifs is 1. The van der Waals surface area contributed by atoms with Crippen LogP contribution in [0.25, 0.3) is 33.5 Å². The van der Waals surface area contributed by atoms with E-state index in [4.69, 9.17) is 17.2 Å². The molecule has 0 saturated heterocycles. The molecule has 0 unspecified atom stereocenters. The zero-order chi connectivity index (χ0) is 21.8. The molecule has 4 aromatic rings. The summed E-state index contributed by atoms with van der Waals surface area (Å²) in [5.74, 6) is 0.0896. The van der Waals surface area contributed by atoms with Gasteiger partial charge in [-0.05, 0) is 6.07 Å². The third-order valence-corrected chi connectivity index (χ3v) is 5.61. The highest BCUT2D eigenvalue weighted by Crippen LogP contribution is 2.41. The number of primary amides is 1. The highest BCUT2D eigenvalue weighted by molar-refractivity contribution is 6.04. The molecular weight excluding hydrogens is 394 g/mol.